The maximum Gasteiger partial charge on any atom is 0.126 e. The van der Waals surface area contributed by atoms with Crippen LogP contribution in [0.5, 0.6) is 0 Å². The van der Waals surface area contributed by atoms with Gasteiger partial charge < -0.3 is 9.53 Å². The molecule has 13 heavy (non-hydrogen) atoms. The normalized spacial score (nSPS) is 48.0. The molecule has 72 valence electrons. The van der Waals surface area contributed by atoms with Crippen molar-refractivity contribution in [3.63, 3.8) is 0 Å². The molecule has 0 spiro atoms. The fourth-order valence-corrected chi connectivity index (χ4v) is 2.63. The van der Waals surface area contributed by atoms with Crippen LogP contribution in [0.2, 0.25) is 0 Å². The summed E-state index contributed by atoms with van der Waals surface area (Å²) in [5.41, 5.74) is -0.0363. The molecule has 3 rings (SSSR count). The standard InChI is InChI=1S/C11H16O2/c1-10-3-5-11(13-2,6-4-10)9(7-10)8-12/h3,5,8-9H,4,6-7H2,1-2H3/t9-,10+,11+/m1/s1. The molecule has 1 saturated carbocycles. The van der Waals surface area contributed by atoms with E-state index in [0.717, 1.165) is 25.5 Å². The summed E-state index contributed by atoms with van der Waals surface area (Å²) in [7, 11) is 1.70. The van der Waals surface area contributed by atoms with Gasteiger partial charge in [0.2, 0.25) is 0 Å². The zero-order valence-corrected chi connectivity index (χ0v) is 8.25. The smallest absolute Gasteiger partial charge is 0.126 e. The number of rotatable bonds is 2. The Hall–Kier alpha value is -0.630. The first-order valence-corrected chi connectivity index (χ1v) is 4.85. The van der Waals surface area contributed by atoms with E-state index in [9.17, 15) is 4.79 Å². The van der Waals surface area contributed by atoms with E-state index in [4.69, 9.17) is 4.74 Å². The first-order valence-electron chi connectivity index (χ1n) is 4.85. The highest BCUT2D eigenvalue weighted by atomic mass is 16.5. The zero-order valence-electron chi connectivity index (χ0n) is 8.25. The predicted molar refractivity (Wildman–Crippen MR) is 50.4 cm³/mol. The van der Waals surface area contributed by atoms with E-state index in [1.807, 2.05) is 0 Å². The minimum atomic E-state index is -0.278. The van der Waals surface area contributed by atoms with Gasteiger partial charge in [0.25, 0.3) is 0 Å². The molecule has 0 radical (unpaired) electrons. The summed E-state index contributed by atoms with van der Waals surface area (Å²) in [6, 6.07) is 0. The highest BCUT2D eigenvalue weighted by molar-refractivity contribution is 5.58. The number of aldehydes is 1. The van der Waals surface area contributed by atoms with Crippen molar-refractivity contribution >= 4 is 6.29 Å². The van der Waals surface area contributed by atoms with Gasteiger partial charge in [-0.3, -0.25) is 0 Å². The molecule has 2 bridgehead atoms. The number of ether oxygens (including phenoxy) is 1. The molecule has 1 fully saturated rings. The number of fused-ring (bicyclic) bond motifs is 2. The van der Waals surface area contributed by atoms with Gasteiger partial charge in [-0.1, -0.05) is 19.1 Å². The molecule has 2 nitrogen and oxygen atoms in total. The lowest BCUT2D eigenvalue weighted by atomic mass is 9.59. The third-order valence-electron chi connectivity index (χ3n) is 3.71. The lowest BCUT2D eigenvalue weighted by Gasteiger charge is -2.50. The van der Waals surface area contributed by atoms with Crippen LogP contribution in [0.4, 0.5) is 0 Å². The van der Waals surface area contributed by atoms with Crippen LogP contribution in [0.1, 0.15) is 26.2 Å². The first kappa shape index (κ1) is 8.95. The van der Waals surface area contributed by atoms with E-state index < -0.39 is 0 Å². The highest BCUT2D eigenvalue weighted by Crippen LogP contribution is 2.51. The minimum absolute atomic E-state index is 0.0567. The Morgan fingerprint density at radius 2 is 2.23 bits per heavy atom. The van der Waals surface area contributed by atoms with Crippen LogP contribution < -0.4 is 0 Å². The largest absolute Gasteiger partial charge is 0.373 e. The third kappa shape index (κ3) is 1.16. The van der Waals surface area contributed by atoms with E-state index in [1.165, 1.54) is 0 Å². The fraction of sp³-hybridized carbons (Fsp3) is 0.727. The van der Waals surface area contributed by atoms with Crippen LogP contribution in [0.3, 0.4) is 0 Å². The van der Waals surface area contributed by atoms with Crippen LogP contribution in [0, 0.1) is 11.3 Å². The van der Waals surface area contributed by atoms with Gasteiger partial charge in [0.05, 0.1) is 5.60 Å². The fourth-order valence-electron chi connectivity index (χ4n) is 2.63. The number of hydrogen-bond acceptors (Lipinski definition) is 2. The van der Waals surface area contributed by atoms with Crippen molar-refractivity contribution in [2.24, 2.45) is 11.3 Å². The number of carbonyl (C=O) groups is 1. The predicted octanol–water partition coefficient (Wildman–Crippen LogP) is 1.95. The quantitative estimate of drug-likeness (QED) is 0.479. The van der Waals surface area contributed by atoms with Gasteiger partial charge in [0.15, 0.2) is 0 Å². The third-order valence-corrected chi connectivity index (χ3v) is 3.71. The lowest BCUT2D eigenvalue weighted by Crippen LogP contribution is -2.49. The molecular weight excluding hydrogens is 164 g/mol. The minimum Gasteiger partial charge on any atom is -0.373 e. The number of carbonyl (C=O) groups excluding carboxylic acids is 1. The summed E-state index contributed by atoms with van der Waals surface area (Å²) in [6.45, 7) is 2.22. The molecule has 3 aliphatic rings. The van der Waals surface area contributed by atoms with E-state index in [1.54, 1.807) is 7.11 Å². The number of hydrogen-bond donors (Lipinski definition) is 0. The second-order valence-corrected chi connectivity index (χ2v) is 4.59. The average molecular weight is 180 g/mol. The summed E-state index contributed by atoms with van der Waals surface area (Å²) in [4.78, 5) is 10.9. The number of allylic oxidation sites excluding steroid dienone is 1. The average Bonchev–Trinajstić information content (AvgIpc) is 2.18. The second kappa shape index (κ2) is 2.68. The summed E-state index contributed by atoms with van der Waals surface area (Å²) in [5.74, 6) is 0.0567. The molecule has 0 N–H and O–H groups in total. The zero-order chi connectivity index (χ0) is 9.53. The van der Waals surface area contributed by atoms with Crippen molar-refractivity contribution in [2.75, 3.05) is 7.11 Å². The van der Waals surface area contributed by atoms with Gasteiger partial charge in [-0.05, 0) is 24.7 Å². The first-order chi connectivity index (χ1) is 6.14. The molecule has 0 saturated heterocycles. The van der Waals surface area contributed by atoms with Gasteiger partial charge in [-0.2, -0.15) is 0 Å². The van der Waals surface area contributed by atoms with Crippen molar-refractivity contribution in [3.05, 3.63) is 12.2 Å². The van der Waals surface area contributed by atoms with Crippen molar-refractivity contribution < 1.29 is 9.53 Å². The molecule has 0 heterocycles. The van der Waals surface area contributed by atoms with Gasteiger partial charge >= 0.3 is 0 Å². The Morgan fingerprint density at radius 3 is 2.69 bits per heavy atom. The van der Waals surface area contributed by atoms with E-state index in [0.29, 0.717) is 0 Å². The monoisotopic (exact) mass is 180 g/mol. The Kier molecular flexibility index (Phi) is 1.84. The maximum absolute atomic E-state index is 10.9. The van der Waals surface area contributed by atoms with Crippen LogP contribution in [-0.2, 0) is 9.53 Å². The highest BCUT2D eigenvalue weighted by Gasteiger charge is 2.49. The van der Waals surface area contributed by atoms with Crippen LogP contribution >= 0.6 is 0 Å². The molecule has 0 aromatic rings. The van der Waals surface area contributed by atoms with Crippen molar-refractivity contribution in [2.45, 2.75) is 31.8 Å². The summed E-state index contributed by atoms with van der Waals surface area (Å²) < 4.78 is 5.50. The molecule has 0 aliphatic heterocycles. The van der Waals surface area contributed by atoms with Crippen LogP contribution in [-0.4, -0.2) is 19.0 Å². The van der Waals surface area contributed by atoms with Gasteiger partial charge in [0, 0.05) is 13.0 Å². The molecule has 0 unspecified atom stereocenters. The second-order valence-electron chi connectivity index (χ2n) is 4.59. The Balaban J connectivity index is 2.37. The topological polar surface area (TPSA) is 26.3 Å². The van der Waals surface area contributed by atoms with Crippen molar-refractivity contribution in [1.82, 2.24) is 0 Å². The number of methoxy groups -OCH3 is 1. The Bertz CT molecular complexity index is 259. The summed E-state index contributed by atoms with van der Waals surface area (Å²) in [5, 5.41) is 0. The summed E-state index contributed by atoms with van der Waals surface area (Å²) >= 11 is 0. The molecule has 3 atom stereocenters. The van der Waals surface area contributed by atoms with Crippen molar-refractivity contribution in [1.29, 1.82) is 0 Å². The van der Waals surface area contributed by atoms with Gasteiger partial charge in [0.1, 0.15) is 6.29 Å². The molecular formula is C11H16O2. The molecule has 0 aromatic heterocycles. The molecule has 3 aliphatic carbocycles. The van der Waals surface area contributed by atoms with Crippen LogP contribution in [0.25, 0.3) is 0 Å². The summed E-state index contributed by atoms with van der Waals surface area (Å²) in [6.07, 6.45) is 8.45. The lowest BCUT2D eigenvalue weighted by molar-refractivity contribution is -0.128. The maximum atomic E-state index is 10.9. The Morgan fingerprint density at radius 1 is 1.46 bits per heavy atom. The molecule has 0 aromatic carbocycles. The molecule has 2 heteroatoms. The van der Waals surface area contributed by atoms with Gasteiger partial charge in [-0.15, -0.1) is 0 Å². The van der Waals surface area contributed by atoms with E-state index in [2.05, 4.69) is 19.1 Å². The van der Waals surface area contributed by atoms with Crippen molar-refractivity contribution in [3.8, 4) is 0 Å². The SMILES string of the molecule is CO[C@@]12C=C[C@@](C)(CC1)C[C@@H]2C=O. The molecule has 0 amide bonds. The van der Waals surface area contributed by atoms with Crippen LogP contribution in [0.15, 0.2) is 12.2 Å². The van der Waals surface area contributed by atoms with E-state index >= 15 is 0 Å². The van der Waals surface area contributed by atoms with E-state index in [-0.39, 0.29) is 16.9 Å². The van der Waals surface area contributed by atoms with Gasteiger partial charge in [-0.25, -0.2) is 0 Å². The Labute approximate surface area is 79.0 Å².